The number of rotatable bonds is 4. The van der Waals surface area contributed by atoms with Crippen molar-refractivity contribution in [1.29, 1.82) is 0 Å². The molecule has 2 aromatic rings. The lowest BCUT2D eigenvalue weighted by atomic mass is 9.99. The Bertz CT molecular complexity index is 679. The van der Waals surface area contributed by atoms with Crippen LogP contribution in [0.1, 0.15) is 18.9 Å². The molecule has 3 rings (SSSR count). The molecule has 3 nitrogen and oxygen atoms in total. The van der Waals surface area contributed by atoms with Gasteiger partial charge in [-0.2, -0.15) is 0 Å². The van der Waals surface area contributed by atoms with Gasteiger partial charge in [0.1, 0.15) is 0 Å². The lowest BCUT2D eigenvalue weighted by Crippen LogP contribution is -2.44. The molecule has 23 heavy (non-hydrogen) atoms. The van der Waals surface area contributed by atoms with Crippen molar-refractivity contribution >= 4 is 17.2 Å². The number of amides is 1. The first kappa shape index (κ1) is 15.5. The van der Waals surface area contributed by atoms with E-state index in [4.69, 9.17) is 0 Å². The van der Waals surface area contributed by atoms with E-state index in [1.165, 1.54) is 11.1 Å². The van der Waals surface area contributed by atoms with E-state index < -0.39 is 0 Å². The van der Waals surface area contributed by atoms with Crippen LogP contribution in [-0.4, -0.2) is 29.9 Å². The number of hydrogen-bond acceptors (Lipinski definition) is 2. The van der Waals surface area contributed by atoms with Gasteiger partial charge in [0.15, 0.2) is 0 Å². The minimum absolute atomic E-state index is 0.0489. The van der Waals surface area contributed by atoms with Crippen molar-refractivity contribution < 1.29 is 4.79 Å². The van der Waals surface area contributed by atoms with Crippen LogP contribution in [0.5, 0.6) is 0 Å². The number of carbonyl (C=O) groups is 1. The average Bonchev–Trinajstić information content (AvgIpc) is 2.63. The first-order chi connectivity index (χ1) is 11.2. The molecule has 118 valence electrons. The molecule has 1 aliphatic rings. The van der Waals surface area contributed by atoms with Gasteiger partial charge in [-0.25, -0.2) is 0 Å². The number of para-hydroxylation sites is 1. The Labute approximate surface area is 137 Å². The Morgan fingerprint density at radius 1 is 1.04 bits per heavy atom. The molecule has 0 bridgehead atoms. The summed E-state index contributed by atoms with van der Waals surface area (Å²) in [6.45, 7) is 3.69. The summed E-state index contributed by atoms with van der Waals surface area (Å²) in [5.74, 6) is 0.0489. The molecule has 0 fully saturated rings. The third-order valence-electron chi connectivity index (χ3n) is 4.35. The monoisotopic (exact) mass is 306 g/mol. The first-order valence-corrected chi connectivity index (χ1v) is 8.08. The van der Waals surface area contributed by atoms with Gasteiger partial charge in [-0.1, -0.05) is 54.6 Å². The van der Waals surface area contributed by atoms with E-state index in [1.54, 1.807) is 0 Å². The van der Waals surface area contributed by atoms with E-state index >= 15 is 0 Å². The molecular formula is C20H22N2O. The van der Waals surface area contributed by atoms with Gasteiger partial charge in [-0.3, -0.25) is 9.69 Å². The molecule has 0 unspecified atom stereocenters. The maximum atomic E-state index is 12.4. The maximum Gasteiger partial charge on any atom is 0.241 e. The number of hydrogen-bond donors (Lipinski definition) is 1. The SMILES string of the molecule is C[C@H](C(=O)Nc1ccccc1)N1CC=C(c2ccccc2)CC1. The van der Waals surface area contributed by atoms with Crippen molar-refractivity contribution in [2.24, 2.45) is 0 Å². The molecule has 1 amide bonds. The van der Waals surface area contributed by atoms with Crippen molar-refractivity contribution in [1.82, 2.24) is 4.90 Å². The van der Waals surface area contributed by atoms with Crippen molar-refractivity contribution in [3.05, 3.63) is 72.3 Å². The van der Waals surface area contributed by atoms with E-state index in [2.05, 4.69) is 40.6 Å². The Hall–Kier alpha value is -2.39. The maximum absolute atomic E-state index is 12.4. The quantitative estimate of drug-likeness (QED) is 0.932. The first-order valence-electron chi connectivity index (χ1n) is 8.08. The lowest BCUT2D eigenvalue weighted by Gasteiger charge is -2.31. The van der Waals surface area contributed by atoms with Gasteiger partial charge in [-0.15, -0.1) is 0 Å². The zero-order chi connectivity index (χ0) is 16.1. The largest absolute Gasteiger partial charge is 0.325 e. The van der Waals surface area contributed by atoms with Crippen LogP contribution in [0, 0.1) is 0 Å². The number of nitrogens with zero attached hydrogens (tertiary/aromatic N) is 1. The Balaban J connectivity index is 1.60. The minimum Gasteiger partial charge on any atom is -0.325 e. The fourth-order valence-corrected chi connectivity index (χ4v) is 2.89. The van der Waals surface area contributed by atoms with Crippen LogP contribution in [0.25, 0.3) is 5.57 Å². The zero-order valence-corrected chi connectivity index (χ0v) is 13.4. The molecule has 1 heterocycles. The van der Waals surface area contributed by atoms with Gasteiger partial charge in [0.25, 0.3) is 0 Å². The Kier molecular flexibility index (Phi) is 4.89. The van der Waals surface area contributed by atoms with Crippen LogP contribution in [0.3, 0.4) is 0 Å². The second-order valence-corrected chi connectivity index (χ2v) is 5.87. The Morgan fingerprint density at radius 2 is 1.70 bits per heavy atom. The van der Waals surface area contributed by atoms with Crippen molar-refractivity contribution in [2.75, 3.05) is 18.4 Å². The van der Waals surface area contributed by atoms with Gasteiger partial charge in [0.2, 0.25) is 5.91 Å². The molecule has 1 N–H and O–H groups in total. The highest BCUT2D eigenvalue weighted by molar-refractivity contribution is 5.94. The standard InChI is InChI=1S/C20H22N2O/c1-16(20(23)21-19-10-6-3-7-11-19)22-14-12-18(13-15-22)17-8-4-2-5-9-17/h2-12,16H,13-15H2,1H3,(H,21,23)/t16-/m1/s1. The van der Waals surface area contributed by atoms with Crippen LogP contribution in [0.2, 0.25) is 0 Å². The lowest BCUT2D eigenvalue weighted by molar-refractivity contribution is -0.120. The fraction of sp³-hybridized carbons (Fsp3) is 0.250. The fourth-order valence-electron chi connectivity index (χ4n) is 2.89. The number of nitrogens with one attached hydrogen (secondary N) is 1. The van der Waals surface area contributed by atoms with Crippen LogP contribution < -0.4 is 5.32 Å². The summed E-state index contributed by atoms with van der Waals surface area (Å²) in [4.78, 5) is 14.6. The minimum atomic E-state index is -0.135. The summed E-state index contributed by atoms with van der Waals surface area (Å²) in [6, 6.07) is 19.9. The molecule has 0 aromatic heterocycles. The molecule has 0 saturated heterocycles. The molecule has 1 atom stereocenters. The third kappa shape index (κ3) is 3.88. The summed E-state index contributed by atoms with van der Waals surface area (Å²) in [5.41, 5.74) is 3.51. The van der Waals surface area contributed by atoms with Gasteiger partial charge in [0.05, 0.1) is 6.04 Å². The highest BCUT2D eigenvalue weighted by atomic mass is 16.2. The van der Waals surface area contributed by atoms with Crippen molar-refractivity contribution in [3.63, 3.8) is 0 Å². The van der Waals surface area contributed by atoms with Gasteiger partial charge < -0.3 is 5.32 Å². The van der Waals surface area contributed by atoms with E-state index in [1.807, 2.05) is 43.3 Å². The summed E-state index contributed by atoms with van der Waals surface area (Å²) >= 11 is 0. The van der Waals surface area contributed by atoms with Gasteiger partial charge in [-0.05, 0) is 36.6 Å². The highest BCUT2D eigenvalue weighted by Gasteiger charge is 2.23. The summed E-state index contributed by atoms with van der Waals surface area (Å²) in [7, 11) is 0. The second-order valence-electron chi connectivity index (χ2n) is 5.87. The van der Waals surface area contributed by atoms with E-state index in [0.717, 1.165) is 25.2 Å². The molecule has 0 saturated carbocycles. The smallest absolute Gasteiger partial charge is 0.241 e. The third-order valence-corrected chi connectivity index (χ3v) is 4.35. The van der Waals surface area contributed by atoms with Crippen LogP contribution >= 0.6 is 0 Å². The molecule has 0 radical (unpaired) electrons. The number of carbonyl (C=O) groups excluding carboxylic acids is 1. The molecule has 2 aromatic carbocycles. The number of benzene rings is 2. The molecule has 3 heteroatoms. The van der Waals surface area contributed by atoms with E-state index in [0.29, 0.717) is 0 Å². The molecule has 0 aliphatic carbocycles. The van der Waals surface area contributed by atoms with E-state index in [-0.39, 0.29) is 11.9 Å². The summed E-state index contributed by atoms with van der Waals surface area (Å²) in [5, 5.41) is 2.98. The van der Waals surface area contributed by atoms with Gasteiger partial charge >= 0.3 is 0 Å². The number of anilines is 1. The molecule has 1 aliphatic heterocycles. The van der Waals surface area contributed by atoms with Crippen LogP contribution in [0.15, 0.2) is 66.7 Å². The van der Waals surface area contributed by atoms with E-state index in [9.17, 15) is 4.79 Å². The molecular weight excluding hydrogens is 284 g/mol. The average molecular weight is 306 g/mol. The predicted molar refractivity (Wildman–Crippen MR) is 95.1 cm³/mol. The van der Waals surface area contributed by atoms with Crippen molar-refractivity contribution in [3.8, 4) is 0 Å². The summed E-state index contributed by atoms with van der Waals surface area (Å²) in [6.07, 6.45) is 3.22. The van der Waals surface area contributed by atoms with Crippen molar-refractivity contribution in [2.45, 2.75) is 19.4 Å². The van der Waals surface area contributed by atoms with Crippen LogP contribution in [-0.2, 0) is 4.79 Å². The predicted octanol–water partition coefficient (Wildman–Crippen LogP) is 3.80. The topological polar surface area (TPSA) is 32.3 Å². The van der Waals surface area contributed by atoms with Crippen LogP contribution in [0.4, 0.5) is 5.69 Å². The normalized spacial score (nSPS) is 16.5. The highest BCUT2D eigenvalue weighted by Crippen LogP contribution is 2.23. The Morgan fingerprint density at radius 3 is 2.30 bits per heavy atom. The van der Waals surface area contributed by atoms with Gasteiger partial charge in [0, 0.05) is 18.8 Å². The summed E-state index contributed by atoms with van der Waals surface area (Å²) < 4.78 is 0. The molecule has 0 spiro atoms. The second kappa shape index (κ2) is 7.25. The zero-order valence-electron chi connectivity index (χ0n) is 13.4.